The topological polar surface area (TPSA) is 80.1 Å². The van der Waals surface area contributed by atoms with Crippen LogP contribution in [0.15, 0.2) is 36.8 Å². The molecule has 1 aliphatic rings. The number of amides is 2. The van der Waals surface area contributed by atoms with Crippen LogP contribution in [0.2, 0.25) is 0 Å². The molecular formula is C16H19N5O2. The van der Waals surface area contributed by atoms with Crippen molar-refractivity contribution in [3.63, 3.8) is 0 Å². The van der Waals surface area contributed by atoms with Gasteiger partial charge in [0, 0.05) is 44.4 Å². The van der Waals surface area contributed by atoms with E-state index >= 15 is 0 Å². The highest BCUT2D eigenvalue weighted by atomic mass is 16.2. The summed E-state index contributed by atoms with van der Waals surface area (Å²) in [6.07, 6.45) is 5.37. The van der Waals surface area contributed by atoms with Gasteiger partial charge < -0.3 is 14.8 Å². The van der Waals surface area contributed by atoms with Gasteiger partial charge in [0.1, 0.15) is 0 Å². The molecule has 0 bridgehead atoms. The minimum atomic E-state index is -0.0866. The summed E-state index contributed by atoms with van der Waals surface area (Å²) < 4.78 is 2.12. The Hall–Kier alpha value is -2.70. The first-order valence-corrected chi connectivity index (χ1v) is 7.58. The number of hydrogen-bond acceptors (Lipinski definition) is 4. The molecule has 1 aliphatic heterocycles. The van der Waals surface area contributed by atoms with Crippen molar-refractivity contribution in [3.05, 3.63) is 48.0 Å². The first kappa shape index (κ1) is 15.2. The molecule has 1 unspecified atom stereocenters. The van der Waals surface area contributed by atoms with Crippen molar-refractivity contribution in [2.24, 2.45) is 5.92 Å². The number of rotatable bonds is 3. The van der Waals surface area contributed by atoms with Crippen LogP contribution in [0, 0.1) is 5.92 Å². The lowest BCUT2D eigenvalue weighted by Crippen LogP contribution is -2.35. The van der Waals surface area contributed by atoms with Crippen molar-refractivity contribution in [2.45, 2.75) is 19.5 Å². The second-order valence-electron chi connectivity index (χ2n) is 5.71. The van der Waals surface area contributed by atoms with Crippen molar-refractivity contribution in [2.75, 3.05) is 13.6 Å². The van der Waals surface area contributed by atoms with Gasteiger partial charge in [-0.1, -0.05) is 0 Å². The number of aromatic nitrogens is 3. The molecule has 2 aromatic heterocycles. The molecule has 2 aromatic rings. The first-order chi connectivity index (χ1) is 11.2. The predicted octanol–water partition coefficient (Wildman–Crippen LogP) is 0.686. The molecule has 0 spiro atoms. The maximum Gasteiger partial charge on any atom is 0.255 e. The van der Waals surface area contributed by atoms with Gasteiger partial charge in [0.2, 0.25) is 5.91 Å². The van der Waals surface area contributed by atoms with Crippen molar-refractivity contribution in [1.29, 1.82) is 0 Å². The molecule has 23 heavy (non-hydrogen) atoms. The van der Waals surface area contributed by atoms with Gasteiger partial charge in [0.15, 0.2) is 0 Å². The molecule has 0 saturated carbocycles. The minimum absolute atomic E-state index is 0.0106. The van der Waals surface area contributed by atoms with Crippen LogP contribution in [-0.4, -0.2) is 45.1 Å². The van der Waals surface area contributed by atoms with Crippen LogP contribution in [-0.2, 0) is 17.9 Å². The van der Waals surface area contributed by atoms with E-state index in [1.54, 1.807) is 18.0 Å². The summed E-state index contributed by atoms with van der Waals surface area (Å²) in [6.45, 7) is 1.79. The van der Waals surface area contributed by atoms with E-state index in [1.807, 2.05) is 18.3 Å². The van der Waals surface area contributed by atoms with E-state index in [1.165, 1.54) is 12.4 Å². The quantitative estimate of drug-likeness (QED) is 0.904. The van der Waals surface area contributed by atoms with Gasteiger partial charge in [-0.05, 0) is 18.2 Å². The Kier molecular flexibility index (Phi) is 4.36. The lowest BCUT2D eigenvalue weighted by Gasteiger charge is -2.23. The number of nitrogens with one attached hydrogen (secondary N) is 1. The molecule has 3 heterocycles. The molecular weight excluding hydrogens is 294 g/mol. The van der Waals surface area contributed by atoms with Gasteiger partial charge in [-0.15, -0.1) is 0 Å². The van der Waals surface area contributed by atoms with Crippen LogP contribution in [0.5, 0.6) is 0 Å². The second kappa shape index (κ2) is 6.60. The Bertz CT molecular complexity index is 698. The van der Waals surface area contributed by atoms with E-state index in [0.717, 1.165) is 12.2 Å². The Morgan fingerprint density at radius 3 is 2.91 bits per heavy atom. The Balaban J connectivity index is 1.84. The Morgan fingerprint density at radius 1 is 1.30 bits per heavy atom. The van der Waals surface area contributed by atoms with Gasteiger partial charge in [0.05, 0.1) is 24.5 Å². The van der Waals surface area contributed by atoms with E-state index in [-0.39, 0.29) is 17.7 Å². The fourth-order valence-electron chi connectivity index (χ4n) is 2.93. The number of carbonyl (C=O) groups excluding carboxylic acids is 2. The molecule has 0 radical (unpaired) electrons. The minimum Gasteiger partial charge on any atom is -0.359 e. The molecule has 3 rings (SSSR count). The van der Waals surface area contributed by atoms with Gasteiger partial charge in [-0.3, -0.25) is 9.59 Å². The largest absolute Gasteiger partial charge is 0.359 e. The van der Waals surface area contributed by atoms with Crippen molar-refractivity contribution in [3.8, 4) is 0 Å². The van der Waals surface area contributed by atoms with Crippen molar-refractivity contribution < 1.29 is 9.59 Å². The van der Waals surface area contributed by atoms with E-state index < -0.39 is 0 Å². The summed E-state index contributed by atoms with van der Waals surface area (Å²) in [7, 11) is 1.63. The Labute approximate surface area is 134 Å². The predicted molar refractivity (Wildman–Crippen MR) is 83.4 cm³/mol. The lowest BCUT2D eigenvalue weighted by molar-refractivity contribution is -0.121. The molecule has 2 amide bonds. The van der Waals surface area contributed by atoms with E-state index in [9.17, 15) is 9.59 Å². The van der Waals surface area contributed by atoms with Crippen molar-refractivity contribution in [1.82, 2.24) is 25.0 Å². The summed E-state index contributed by atoms with van der Waals surface area (Å²) in [5, 5.41) is 10.1. The summed E-state index contributed by atoms with van der Waals surface area (Å²) in [4.78, 5) is 26.3. The number of nitrogens with zero attached hydrogens (tertiary/aromatic N) is 4. The fourth-order valence-corrected chi connectivity index (χ4v) is 2.93. The first-order valence-electron chi connectivity index (χ1n) is 7.58. The van der Waals surface area contributed by atoms with Crippen LogP contribution in [0.3, 0.4) is 0 Å². The average molecular weight is 313 g/mol. The molecule has 0 saturated heterocycles. The van der Waals surface area contributed by atoms with Gasteiger partial charge in [0.25, 0.3) is 5.91 Å². The summed E-state index contributed by atoms with van der Waals surface area (Å²) >= 11 is 0. The molecule has 7 nitrogen and oxygen atoms in total. The molecule has 120 valence electrons. The normalized spacial score (nSPS) is 17.3. The summed E-state index contributed by atoms with van der Waals surface area (Å²) in [5.41, 5.74) is 1.58. The maximum atomic E-state index is 12.7. The molecule has 7 heteroatoms. The molecule has 1 N–H and O–H groups in total. The fraction of sp³-hybridized carbons (Fsp3) is 0.375. The van der Waals surface area contributed by atoms with E-state index in [2.05, 4.69) is 20.1 Å². The zero-order valence-electron chi connectivity index (χ0n) is 13.0. The number of fused-ring (bicyclic) bond motifs is 1. The third-order valence-corrected chi connectivity index (χ3v) is 4.08. The number of hydrogen-bond donors (Lipinski definition) is 1. The maximum absolute atomic E-state index is 12.7. The second-order valence-corrected chi connectivity index (χ2v) is 5.71. The molecule has 0 aliphatic carbocycles. The van der Waals surface area contributed by atoms with E-state index in [4.69, 9.17) is 0 Å². The van der Waals surface area contributed by atoms with Gasteiger partial charge >= 0.3 is 0 Å². The SMILES string of the molecule is CNC(=O)CC1CN(C(=O)c2ccnnc2)Cc2cccn2C1. The highest BCUT2D eigenvalue weighted by molar-refractivity contribution is 5.93. The van der Waals surface area contributed by atoms with Crippen LogP contribution in [0.25, 0.3) is 0 Å². The zero-order valence-corrected chi connectivity index (χ0v) is 13.0. The van der Waals surface area contributed by atoms with E-state index in [0.29, 0.717) is 25.1 Å². The van der Waals surface area contributed by atoms with Crippen LogP contribution < -0.4 is 5.32 Å². The third kappa shape index (κ3) is 3.39. The lowest BCUT2D eigenvalue weighted by atomic mass is 10.0. The van der Waals surface area contributed by atoms with Gasteiger partial charge in [-0.2, -0.15) is 10.2 Å². The molecule has 0 aromatic carbocycles. The highest BCUT2D eigenvalue weighted by Gasteiger charge is 2.26. The van der Waals surface area contributed by atoms with Crippen LogP contribution in [0.4, 0.5) is 0 Å². The smallest absolute Gasteiger partial charge is 0.255 e. The monoisotopic (exact) mass is 313 g/mol. The van der Waals surface area contributed by atoms with Gasteiger partial charge in [-0.25, -0.2) is 0 Å². The highest BCUT2D eigenvalue weighted by Crippen LogP contribution is 2.21. The summed E-state index contributed by atoms with van der Waals surface area (Å²) in [6, 6.07) is 5.63. The van der Waals surface area contributed by atoms with Crippen molar-refractivity contribution >= 4 is 11.8 Å². The van der Waals surface area contributed by atoms with Crippen LogP contribution >= 0.6 is 0 Å². The average Bonchev–Trinajstić information content (AvgIpc) is 2.93. The zero-order chi connectivity index (χ0) is 16.2. The third-order valence-electron chi connectivity index (χ3n) is 4.08. The standard InChI is InChI=1S/C16H19N5O2/c1-17-15(22)7-12-9-20-6-2-3-14(20)11-21(10-12)16(23)13-4-5-18-19-8-13/h2-6,8,12H,7,9-11H2,1H3,(H,17,22). The molecule has 0 fully saturated rings. The number of carbonyl (C=O) groups is 2. The Morgan fingerprint density at radius 2 is 2.17 bits per heavy atom. The summed E-state index contributed by atoms with van der Waals surface area (Å²) in [5.74, 6) is -0.0256. The van der Waals surface area contributed by atoms with Crippen LogP contribution in [0.1, 0.15) is 22.5 Å². The molecule has 1 atom stereocenters.